The number of likely N-dealkylation sites (N-methyl/N-ethyl adjacent to an activating group) is 1. The first-order valence-corrected chi connectivity index (χ1v) is 6.85. The maximum Gasteiger partial charge on any atom is 0.131 e. The minimum absolute atomic E-state index is 0.0000559. The molecule has 110 valence electrons. The van der Waals surface area contributed by atoms with E-state index >= 15 is 0 Å². The summed E-state index contributed by atoms with van der Waals surface area (Å²) in [5.74, 6) is -1.35. The van der Waals surface area contributed by atoms with Gasteiger partial charge in [0.2, 0.25) is 0 Å². The van der Waals surface area contributed by atoms with Crippen LogP contribution in [0.25, 0.3) is 0 Å². The van der Waals surface area contributed by atoms with Gasteiger partial charge in [0, 0.05) is 24.7 Å². The van der Waals surface area contributed by atoms with E-state index in [0.717, 1.165) is 31.8 Å². The normalized spacial score (nSPS) is 12.4. The lowest BCUT2D eigenvalue weighted by Gasteiger charge is -2.23. The smallest absolute Gasteiger partial charge is 0.131 e. The number of hydrogen-bond donors (Lipinski definition) is 1. The van der Waals surface area contributed by atoms with Gasteiger partial charge in [0.25, 0.3) is 0 Å². The van der Waals surface area contributed by atoms with Gasteiger partial charge in [-0.1, -0.05) is 13.8 Å². The number of halogens is 2. The first kappa shape index (κ1) is 16.5. The molecule has 0 aliphatic rings. The molecule has 0 saturated heterocycles. The topological polar surface area (TPSA) is 39.1 Å². The Morgan fingerprint density at radius 1 is 1.25 bits per heavy atom. The lowest BCUT2D eigenvalue weighted by Crippen LogP contribution is -2.39. The molecule has 5 heteroatoms. The average molecular weight is 281 g/mol. The van der Waals surface area contributed by atoms with Crippen LogP contribution in [0, 0.1) is 23.0 Å². The molecule has 1 atom stereocenters. The quantitative estimate of drug-likeness (QED) is 0.835. The highest BCUT2D eigenvalue weighted by molar-refractivity contribution is 5.34. The molecule has 0 aromatic heterocycles. The van der Waals surface area contributed by atoms with Gasteiger partial charge in [-0.3, -0.25) is 0 Å². The van der Waals surface area contributed by atoms with Crippen LogP contribution in [0.4, 0.5) is 8.78 Å². The zero-order chi connectivity index (χ0) is 15.1. The molecule has 0 bridgehead atoms. The maximum atomic E-state index is 13.7. The second kappa shape index (κ2) is 7.93. The van der Waals surface area contributed by atoms with Crippen LogP contribution in [-0.4, -0.2) is 30.6 Å². The van der Waals surface area contributed by atoms with Crippen LogP contribution in [0.3, 0.4) is 0 Å². The predicted molar refractivity (Wildman–Crippen MR) is 75.2 cm³/mol. The molecule has 0 spiro atoms. The monoisotopic (exact) mass is 281 g/mol. The summed E-state index contributed by atoms with van der Waals surface area (Å²) in [5.41, 5.74) is -0.0182. The van der Waals surface area contributed by atoms with E-state index < -0.39 is 11.6 Å². The lowest BCUT2D eigenvalue weighted by atomic mass is 10.1. The van der Waals surface area contributed by atoms with Crippen LogP contribution in [0.2, 0.25) is 0 Å². The van der Waals surface area contributed by atoms with Crippen LogP contribution in [0.15, 0.2) is 12.1 Å². The number of nitriles is 1. The van der Waals surface area contributed by atoms with E-state index in [-0.39, 0.29) is 23.7 Å². The van der Waals surface area contributed by atoms with Gasteiger partial charge in [0.05, 0.1) is 11.6 Å². The molecule has 0 fully saturated rings. The van der Waals surface area contributed by atoms with E-state index in [2.05, 4.69) is 24.1 Å². The van der Waals surface area contributed by atoms with Crippen molar-refractivity contribution in [2.45, 2.75) is 33.4 Å². The summed E-state index contributed by atoms with van der Waals surface area (Å²) in [6.07, 6.45) is 0. The van der Waals surface area contributed by atoms with Crippen molar-refractivity contribution >= 4 is 0 Å². The Morgan fingerprint density at radius 3 is 2.25 bits per heavy atom. The lowest BCUT2D eigenvalue weighted by molar-refractivity contribution is 0.270. The fourth-order valence-corrected chi connectivity index (χ4v) is 2.05. The fraction of sp³-hybridized carbons (Fsp3) is 0.533. The molecular formula is C15H21F2N3. The summed E-state index contributed by atoms with van der Waals surface area (Å²) in [6, 6.07) is 3.99. The summed E-state index contributed by atoms with van der Waals surface area (Å²) in [6.45, 7) is 8.98. The zero-order valence-corrected chi connectivity index (χ0v) is 12.2. The van der Waals surface area contributed by atoms with E-state index in [9.17, 15) is 8.78 Å². The molecule has 1 N–H and O–H groups in total. The highest BCUT2D eigenvalue weighted by Gasteiger charge is 2.13. The van der Waals surface area contributed by atoms with Crippen molar-refractivity contribution in [3.8, 4) is 6.07 Å². The van der Waals surface area contributed by atoms with Crippen molar-refractivity contribution in [2.75, 3.05) is 19.6 Å². The highest BCUT2D eigenvalue weighted by Crippen LogP contribution is 2.15. The Kier molecular flexibility index (Phi) is 6.56. The Labute approximate surface area is 119 Å². The van der Waals surface area contributed by atoms with Crippen LogP contribution < -0.4 is 5.32 Å². The minimum atomic E-state index is -0.677. The molecule has 0 aliphatic carbocycles. The van der Waals surface area contributed by atoms with Gasteiger partial charge in [0.1, 0.15) is 11.6 Å². The first-order chi connectivity index (χ1) is 9.51. The third-order valence-corrected chi connectivity index (χ3v) is 3.32. The van der Waals surface area contributed by atoms with Gasteiger partial charge in [0.15, 0.2) is 0 Å². The first-order valence-electron chi connectivity index (χ1n) is 6.85. The summed E-state index contributed by atoms with van der Waals surface area (Å²) in [7, 11) is 0. The number of nitrogens with zero attached hydrogens (tertiary/aromatic N) is 2. The SMILES string of the molecule is CCN(CC)CC(C)NCc1c(F)cc(C#N)cc1F. The van der Waals surface area contributed by atoms with Gasteiger partial charge in [-0.25, -0.2) is 8.78 Å². The summed E-state index contributed by atoms with van der Waals surface area (Å²) < 4.78 is 27.4. The third-order valence-electron chi connectivity index (χ3n) is 3.32. The van der Waals surface area contributed by atoms with Gasteiger partial charge in [-0.15, -0.1) is 0 Å². The Hall–Kier alpha value is -1.51. The standard InChI is InChI=1S/C15H21F2N3/c1-4-20(5-2)10-11(3)19-9-13-14(16)6-12(8-18)7-15(13)17/h6-7,11,19H,4-5,9-10H2,1-3H3. The van der Waals surface area contributed by atoms with Crippen LogP contribution >= 0.6 is 0 Å². The number of hydrogen-bond acceptors (Lipinski definition) is 3. The fourth-order valence-electron chi connectivity index (χ4n) is 2.05. The van der Waals surface area contributed by atoms with E-state index in [1.807, 2.05) is 6.92 Å². The third kappa shape index (κ3) is 4.55. The van der Waals surface area contributed by atoms with E-state index in [1.54, 1.807) is 6.07 Å². The molecular weight excluding hydrogens is 260 g/mol. The Bertz CT molecular complexity index is 455. The molecule has 20 heavy (non-hydrogen) atoms. The van der Waals surface area contributed by atoms with Gasteiger partial charge in [-0.2, -0.15) is 5.26 Å². The van der Waals surface area contributed by atoms with E-state index in [1.165, 1.54) is 0 Å². The van der Waals surface area contributed by atoms with Gasteiger partial charge >= 0.3 is 0 Å². The van der Waals surface area contributed by atoms with E-state index in [0.29, 0.717) is 0 Å². The summed E-state index contributed by atoms with van der Waals surface area (Å²) in [4.78, 5) is 2.24. The minimum Gasteiger partial charge on any atom is -0.309 e. The maximum absolute atomic E-state index is 13.7. The summed E-state index contributed by atoms with van der Waals surface area (Å²) in [5, 5.41) is 11.8. The van der Waals surface area contributed by atoms with Crippen LogP contribution in [0.1, 0.15) is 31.9 Å². The number of benzene rings is 1. The molecule has 0 amide bonds. The molecule has 1 aromatic rings. The van der Waals surface area contributed by atoms with Crippen molar-refractivity contribution in [3.63, 3.8) is 0 Å². The van der Waals surface area contributed by atoms with Crippen LogP contribution in [-0.2, 0) is 6.54 Å². The Morgan fingerprint density at radius 2 is 1.80 bits per heavy atom. The molecule has 1 unspecified atom stereocenters. The van der Waals surface area contributed by atoms with Crippen molar-refractivity contribution in [1.82, 2.24) is 10.2 Å². The number of rotatable bonds is 7. The second-order valence-corrected chi connectivity index (χ2v) is 4.80. The molecule has 0 aliphatic heterocycles. The van der Waals surface area contributed by atoms with Crippen molar-refractivity contribution in [3.05, 3.63) is 34.9 Å². The van der Waals surface area contributed by atoms with Crippen LogP contribution in [0.5, 0.6) is 0 Å². The predicted octanol–water partition coefficient (Wildman–Crippen LogP) is 2.66. The molecule has 1 rings (SSSR count). The largest absolute Gasteiger partial charge is 0.309 e. The van der Waals surface area contributed by atoms with Crippen molar-refractivity contribution < 1.29 is 8.78 Å². The van der Waals surface area contributed by atoms with Gasteiger partial charge in [-0.05, 0) is 32.1 Å². The molecule has 0 heterocycles. The number of nitrogens with one attached hydrogen (secondary N) is 1. The molecule has 3 nitrogen and oxygen atoms in total. The van der Waals surface area contributed by atoms with Crippen molar-refractivity contribution in [1.29, 1.82) is 5.26 Å². The highest BCUT2D eigenvalue weighted by atomic mass is 19.1. The molecule has 0 saturated carbocycles. The van der Waals surface area contributed by atoms with Crippen molar-refractivity contribution in [2.24, 2.45) is 0 Å². The molecule has 1 aromatic carbocycles. The van der Waals surface area contributed by atoms with E-state index in [4.69, 9.17) is 5.26 Å². The van der Waals surface area contributed by atoms with Gasteiger partial charge < -0.3 is 10.2 Å². The summed E-state index contributed by atoms with van der Waals surface area (Å²) >= 11 is 0. The second-order valence-electron chi connectivity index (χ2n) is 4.80. The molecule has 0 radical (unpaired) electrons. The average Bonchev–Trinajstić information content (AvgIpc) is 2.43. The Balaban J connectivity index is 2.64. The zero-order valence-electron chi connectivity index (χ0n) is 12.2.